The van der Waals surface area contributed by atoms with Gasteiger partial charge in [0.15, 0.2) is 11.5 Å². The molecule has 0 fully saturated rings. The summed E-state index contributed by atoms with van der Waals surface area (Å²) in [7, 11) is 0. The Kier molecular flexibility index (Phi) is 4.84. The second-order valence-corrected chi connectivity index (χ2v) is 5.14. The molecule has 8 heteroatoms. The highest BCUT2D eigenvalue weighted by Gasteiger charge is 2.37. The summed E-state index contributed by atoms with van der Waals surface area (Å²) in [5.74, 6) is 0.0978. The van der Waals surface area contributed by atoms with Crippen LogP contribution in [0.25, 0.3) is 0 Å². The van der Waals surface area contributed by atoms with Crippen LogP contribution < -0.4 is 11.4 Å². The minimum absolute atomic E-state index is 0.0321. The summed E-state index contributed by atoms with van der Waals surface area (Å²) in [6.45, 7) is 3.48. The number of nitrogen functional groups attached to an aromatic ring is 1. The van der Waals surface area contributed by atoms with E-state index < -0.39 is 24.6 Å². The van der Waals surface area contributed by atoms with Gasteiger partial charge >= 0.3 is 5.69 Å². The van der Waals surface area contributed by atoms with Gasteiger partial charge in [0.25, 0.3) is 0 Å². The SMILES string of the molecule is CC(C)/C=C\OC1=C(O)[C@@H](CO)O[C@H]1n1ccc(N)nc1=O. The topological polar surface area (TPSA) is 120 Å². The lowest BCUT2D eigenvalue weighted by Gasteiger charge is -2.16. The molecule has 4 N–H and O–H groups in total. The summed E-state index contributed by atoms with van der Waals surface area (Å²) in [6, 6.07) is 1.43. The quantitative estimate of drug-likeness (QED) is 0.684. The zero-order valence-electron chi connectivity index (χ0n) is 12.3. The lowest BCUT2D eigenvalue weighted by molar-refractivity contribution is -0.0376. The Morgan fingerprint density at radius 2 is 2.32 bits per heavy atom. The molecule has 0 aromatic carbocycles. The van der Waals surface area contributed by atoms with Crippen LogP contribution in [-0.2, 0) is 9.47 Å². The van der Waals surface area contributed by atoms with E-state index in [9.17, 15) is 15.0 Å². The van der Waals surface area contributed by atoms with Crippen molar-refractivity contribution < 1.29 is 19.7 Å². The van der Waals surface area contributed by atoms with E-state index in [-0.39, 0.29) is 23.3 Å². The minimum Gasteiger partial charge on any atom is -0.506 e. The van der Waals surface area contributed by atoms with Gasteiger partial charge in [-0.25, -0.2) is 4.79 Å². The summed E-state index contributed by atoms with van der Waals surface area (Å²) in [6.07, 6.45) is 2.58. The monoisotopic (exact) mass is 309 g/mol. The van der Waals surface area contributed by atoms with E-state index in [0.717, 1.165) is 4.57 Å². The molecule has 2 rings (SSSR count). The number of aromatic nitrogens is 2. The maximum absolute atomic E-state index is 11.9. The number of ether oxygens (including phenoxy) is 2. The molecular formula is C14H19N3O5. The van der Waals surface area contributed by atoms with Crippen molar-refractivity contribution in [3.63, 3.8) is 0 Å². The first-order valence-electron chi connectivity index (χ1n) is 6.81. The third-order valence-electron chi connectivity index (χ3n) is 3.00. The fraction of sp³-hybridized carbons (Fsp3) is 0.429. The maximum atomic E-state index is 11.9. The molecule has 0 saturated heterocycles. The Morgan fingerprint density at radius 1 is 1.59 bits per heavy atom. The number of aliphatic hydroxyl groups excluding tert-OH is 2. The molecule has 1 aromatic rings. The van der Waals surface area contributed by atoms with E-state index in [2.05, 4.69) is 4.98 Å². The molecule has 0 unspecified atom stereocenters. The first kappa shape index (κ1) is 16.1. The van der Waals surface area contributed by atoms with Gasteiger partial charge in [-0.05, 0) is 18.1 Å². The molecule has 0 radical (unpaired) electrons. The third kappa shape index (κ3) is 3.29. The molecule has 0 bridgehead atoms. The Hall–Kier alpha value is -2.32. The minimum atomic E-state index is -1.02. The number of hydrogen-bond donors (Lipinski definition) is 3. The maximum Gasteiger partial charge on any atom is 0.351 e. The van der Waals surface area contributed by atoms with Gasteiger partial charge in [-0.1, -0.05) is 13.8 Å². The average Bonchev–Trinajstić information content (AvgIpc) is 2.75. The Morgan fingerprint density at radius 3 is 2.91 bits per heavy atom. The molecule has 1 aliphatic rings. The molecule has 2 heterocycles. The summed E-state index contributed by atoms with van der Waals surface area (Å²) in [5, 5.41) is 19.3. The highest BCUT2D eigenvalue weighted by atomic mass is 16.6. The number of nitrogens with two attached hydrogens (primary N) is 1. The summed E-state index contributed by atoms with van der Waals surface area (Å²) < 4.78 is 12.0. The van der Waals surface area contributed by atoms with Crippen LogP contribution in [0.2, 0.25) is 0 Å². The first-order valence-corrected chi connectivity index (χ1v) is 6.81. The number of allylic oxidation sites excluding steroid dienone is 1. The Bertz CT molecular complexity index is 650. The van der Waals surface area contributed by atoms with E-state index in [1.807, 2.05) is 13.8 Å². The molecular weight excluding hydrogens is 290 g/mol. The van der Waals surface area contributed by atoms with Crippen molar-refractivity contribution in [2.24, 2.45) is 5.92 Å². The predicted molar refractivity (Wildman–Crippen MR) is 78.6 cm³/mol. The first-order chi connectivity index (χ1) is 10.4. The second kappa shape index (κ2) is 6.63. The van der Waals surface area contributed by atoms with Gasteiger partial charge in [0, 0.05) is 6.20 Å². The van der Waals surface area contributed by atoms with Crippen LogP contribution in [-0.4, -0.2) is 32.5 Å². The normalized spacial score (nSPS) is 22.0. The number of anilines is 1. The zero-order chi connectivity index (χ0) is 16.3. The van der Waals surface area contributed by atoms with Gasteiger partial charge in [-0.2, -0.15) is 4.98 Å². The molecule has 0 spiro atoms. The second-order valence-electron chi connectivity index (χ2n) is 5.14. The predicted octanol–water partition coefficient (Wildman–Crippen LogP) is 0.671. The van der Waals surface area contributed by atoms with Crippen LogP contribution in [0, 0.1) is 5.92 Å². The lowest BCUT2D eigenvalue weighted by atomic mass is 10.2. The molecule has 1 aromatic heterocycles. The number of hydrogen-bond acceptors (Lipinski definition) is 7. The van der Waals surface area contributed by atoms with Crippen molar-refractivity contribution in [3.05, 3.63) is 46.6 Å². The van der Waals surface area contributed by atoms with E-state index in [0.29, 0.717) is 0 Å². The van der Waals surface area contributed by atoms with Crippen molar-refractivity contribution in [2.45, 2.75) is 26.2 Å². The standard InChI is InChI=1S/C14H19N3O5/c1-8(2)4-6-21-12-11(19)9(7-18)22-13(12)17-5-3-10(15)16-14(17)20/h3-6,8-9,13,18-19H,7H2,1-2H3,(H2,15,16,20)/b6-4-/t9-,13-/m1/s1. The van der Waals surface area contributed by atoms with Crippen molar-refractivity contribution in [3.8, 4) is 0 Å². The van der Waals surface area contributed by atoms with Gasteiger partial charge < -0.3 is 25.4 Å². The smallest absolute Gasteiger partial charge is 0.351 e. The largest absolute Gasteiger partial charge is 0.506 e. The van der Waals surface area contributed by atoms with E-state index >= 15 is 0 Å². The lowest BCUT2D eigenvalue weighted by Crippen LogP contribution is -2.29. The van der Waals surface area contributed by atoms with Gasteiger partial charge in [-0.15, -0.1) is 0 Å². The van der Waals surface area contributed by atoms with E-state index in [1.54, 1.807) is 6.08 Å². The number of rotatable bonds is 5. The molecule has 0 amide bonds. The average molecular weight is 309 g/mol. The molecule has 1 aliphatic heterocycles. The van der Waals surface area contributed by atoms with Crippen LogP contribution in [0.15, 0.2) is 40.9 Å². The van der Waals surface area contributed by atoms with Gasteiger partial charge in [0.2, 0.25) is 6.23 Å². The van der Waals surface area contributed by atoms with E-state index in [1.165, 1.54) is 18.5 Å². The Balaban J connectivity index is 2.35. The molecule has 120 valence electrons. The van der Waals surface area contributed by atoms with Crippen LogP contribution >= 0.6 is 0 Å². The molecule has 0 aliphatic carbocycles. The van der Waals surface area contributed by atoms with Crippen molar-refractivity contribution in [1.29, 1.82) is 0 Å². The highest BCUT2D eigenvalue weighted by Crippen LogP contribution is 2.33. The summed E-state index contributed by atoms with van der Waals surface area (Å²) in [4.78, 5) is 15.5. The summed E-state index contributed by atoms with van der Waals surface area (Å²) in [5.41, 5.74) is 4.80. The van der Waals surface area contributed by atoms with Crippen molar-refractivity contribution in [2.75, 3.05) is 12.3 Å². The molecule has 22 heavy (non-hydrogen) atoms. The van der Waals surface area contributed by atoms with E-state index in [4.69, 9.17) is 15.2 Å². The number of aliphatic hydroxyl groups is 2. The van der Waals surface area contributed by atoms with Crippen molar-refractivity contribution in [1.82, 2.24) is 9.55 Å². The van der Waals surface area contributed by atoms with Crippen LogP contribution in [0.1, 0.15) is 20.1 Å². The third-order valence-corrected chi connectivity index (χ3v) is 3.00. The fourth-order valence-electron chi connectivity index (χ4n) is 1.88. The molecule has 0 saturated carbocycles. The van der Waals surface area contributed by atoms with Crippen LogP contribution in [0.5, 0.6) is 0 Å². The zero-order valence-corrected chi connectivity index (χ0v) is 12.3. The fourth-order valence-corrected chi connectivity index (χ4v) is 1.88. The van der Waals surface area contributed by atoms with Gasteiger partial charge in [0.1, 0.15) is 11.9 Å². The van der Waals surface area contributed by atoms with Gasteiger partial charge in [0.05, 0.1) is 12.9 Å². The Labute approximate surface area is 127 Å². The summed E-state index contributed by atoms with van der Waals surface area (Å²) >= 11 is 0. The molecule has 8 nitrogen and oxygen atoms in total. The van der Waals surface area contributed by atoms with Gasteiger partial charge in [-0.3, -0.25) is 4.57 Å². The van der Waals surface area contributed by atoms with Crippen LogP contribution in [0.3, 0.4) is 0 Å². The highest BCUT2D eigenvalue weighted by molar-refractivity contribution is 5.25. The van der Waals surface area contributed by atoms with Crippen LogP contribution in [0.4, 0.5) is 5.82 Å². The van der Waals surface area contributed by atoms with Crippen molar-refractivity contribution >= 4 is 5.82 Å². The number of nitrogens with zero attached hydrogens (tertiary/aromatic N) is 2. The molecule has 2 atom stereocenters.